The van der Waals surface area contributed by atoms with Crippen molar-refractivity contribution in [3.63, 3.8) is 0 Å². The molecule has 1 unspecified atom stereocenters. The first-order valence-electron chi connectivity index (χ1n) is 6.10. The summed E-state index contributed by atoms with van der Waals surface area (Å²) in [6.45, 7) is -0.0317. The molecule has 0 aromatic heterocycles. The SMILES string of the molecule is O=[N+]([O-])c1ccccc1CC(CO)c1ccccc1. The number of nitro groups is 1. The first kappa shape index (κ1) is 13.2. The van der Waals surface area contributed by atoms with Crippen molar-refractivity contribution >= 4 is 5.69 Å². The Morgan fingerprint density at radius 3 is 2.32 bits per heavy atom. The molecule has 0 saturated carbocycles. The van der Waals surface area contributed by atoms with Crippen molar-refractivity contribution < 1.29 is 10.0 Å². The number of para-hydroxylation sites is 1. The molecule has 19 heavy (non-hydrogen) atoms. The number of hydrogen-bond donors (Lipinski definition) is 1. The molecule has 98 valence electrons. The quantitative estimate of drug-likeness (QED) is 0.661. The largest absolute Gasteiger partial charge is 0.396 e. The molecule has 0 amide bonds. The lowest BCUT2D eigenvalue weighted by Crippen LogP contribution is -2.09. The van der Waals surface area contributed by atoms with Gasteiger partial charge in [-0.25, -0.2) is 0 Å². The van der Waals surface area contributed by atoms with E-state index >= 15 is 0 Å². The first-order valence-corrected chi connectivity index (χ1v) is 6.10. The Hall–Kier alpha value is -2.20. The zero-order valence-electron chi connectivity index (χ0n) is 10.4. The van der Waals surface area contributed by atoms with Gasteiger partial charge in [-0.2, -0.15) is 0 Å². The molecule has 4 nitrogen and oxygen atoms in total. The highest BCUT2D eigenvalue weighted by molar-refractivity contribution is 5.41. The van der Waals surface area contributed by atoms with E-state index in [1.54, 1.807) is 18.2 Å². The Bertz CT molecular complexity index is 554. The molecule has 0 radical (unpaired) electrons. The van der Waals surface area contributed by atoms with E-state index in [2.05, 4.69) is 0 Å². The third-order valence-corrected chi connectivity index (χ3v) is 3.15. The number of hydrogen-bond acceptors (Lipinski definition) is 3. The molecule has 0 saturated heterocycles. The van der Waals surface area contributed by atoms with Crippen LogP contribution in [0.3, 0.4) is 0 Å². The highest BCUT2D eigenvalue weighted by Gasteiger charge is 2.18. The van der Waals surface area contributed by atoms with Gasteiger partial charge in [0.25, 0.3) is 5.69 Å². The summed E-state index contributed by atoms with van der Waals surface area (Å²) in [5.74, 6) is -0.123. The van der Waals surface area contributed by atoms with Gasteiger partial charge < -0.3 is 5.11 Å². The van der Waals surface area contributed by atoms with Crippen LogP contribution in [0.2, 0.25) is 0 Å². The Balaban J connectivity index is 2.27. The van der Waals surface area contributed by atoms with Crippen molar-refractivity contribution in [3.8, 4) is 0 Å². The van der Waals surface area contributed by atoms with Gasteiger partial charge in [0.1, 0.15) is 0 Å². The van der Waals surface area contributed by atoms with Crippen molar-refractivity contribution in [1.82, 2.24) is 0 Å². The summed E-state index contributed by atoms with van der Waals surface area (Å²) in [5, 5.41) is 20.5. The summed E-state index contributed by atoms with van der Waals surface area (Å²) in [6.07, 6.45) is 0.456. The lowest BCUT2D eigenvalue weighted by Gasteiger charge is -2.14. The lowest BCUT2D eigenvalue weighted by atomic mass is 9.92. The van der Waals surface area contributed by atoms with E-state index in [9.17, 15) is 15.2 Å². The molecule has 1 atom stereocenters. The Labute approximate surface area is 111 Å². The van der Waals surface area contributed by atoms with Crippen LogP contribution in [0.4, 0.5) is 5.69 Å². The fourth-order valence-electron chi connectivity index (χ4n) is 2.14. The minimum atomic E-state index is -0.380. The van der Waals surface area contributed by atoms with Gasteiger partial charge >= 0.3 is 0 Å². The highest BCUT2D eigenvalue weighted by Crippen LogP contribution is 2.26. The van der Waals surface area contributed by atoms with E-state index in [0.29, 0.717) is 12.0 Å². The number of nitro benzene ring substituents is 1. The average molecular weight is 257 g/mol. The Morgan fingerprint density at radius 2 is 1.68 bits per heavy atom. The number of nitrogens with zero attached hydrogens (tertiary/aromatic N) is 1. The number of benzene rings is 2. The summed E-state index contributed by atoms with van der Waals surface area (Å²) < 4.78 is 0. The molecule has 2 aromatic carbocycles. The minimum absolute atomic E-state index is 0.0317. The molecule has 2 rings (SSSR count). The monoisotopic (exact) mass is 257 g/mol. The van der Waals surface area contributed by atoms with Gasteiger partial charge in [0.2, 0.25) is 0 Å². The van der Waals surface area contributed by atoms with Gasteiger partial charge in [-0.3, -0.25) is 10.1 Å². The first-order chi connectivity index (χ1) is 9.22. The van der Waals surface area contributed by atoms with Gasteiger partial charge in [-0.15, -0.1) is 0 Å². The molecule has 0 aliphatic rings. The smallest absolute Gasteiger partial charge is 0.272 e. The molecule has 0 aliphatic carbocycles. The van der Waals surface area contributed by atoms with Gasteiger partial charge in [-0.1, -0.05) is 48.5 Å². The molecular weight excluding hydrogens is 242 g/mol. The zero-order valence-corrected chi connectivity index (χ0v) is 10.4. The van der Waals surface area contributed by atoms with E-state index in [1.165, 1.54) is 6.07 Å². The second-order valence-corrected chi connectivity index (χ2v) is 4.38. The van der Waals surface area contributed by atoms with Gasteiger partial charge in [-0.05, 0) is 12.0 Å². The molecule has 0 spiro atoms. The van der Waals surface area contributed by atoms with Gasteiger partial charge in [0.05, 0.1) is 11.5 Å². The van der Waals surface area contributed by atoms with Crippen molar-refractivity contribution in [3.05, 3.63) is 75.8 Å². The molecule has 0 aliphatic heterocycles. The van der Waals surface area contributed by atoms with Crippen LogP contribution in [0, 0.1) is 10.1 Å². The van der Waals surface area contributed by atoms with Gasteiger partial charge in [0, 0.05) is 17.5 Å². The van der Waals surface area contributed by atoms with E-state index in [1.807, 2.05) is 30.3 Å². The van der Waals surface area contributed by atoms with Crippen LogP contribution in [-0.4, -0.2) is 16.6 Å². The topological polar surface area (TPSA) is 63.4 Å². The maximum absolute atomic E-state index is 11.0. The van der Waals surface area contributed by atoms with Gasteiger partial charge in [0.15, 0.2) is 0 Å². The van der Waals surface area contributed by atoms with E-state index in [0.717, 1.165) is 5.56 Å². The van der Waals surface area contributed by atoms with E-state index < -0.39 is 0 Å². The number of aliphatic hydroxyl groups is 1. The second kappa shape index (κ2) is 6.11. The number of aliphatic hydroxyl groups excluding tert-OH is 1. The normalized spacial score (nSPS) is 12.1. The summed E-state index contributed by atoms with van der Waals surface area (Å²) in [7, 11) is 0. The maximum atomic E-state index is 11.0. The molecule has 2 aromatic rings. The average Bonchev–Trinajstić information content (AvgIpc) is 2.46. The molecule has 1 N–H and O–H groups in total. The zero-order chi connectivity index (χ0) is 13.7. The van der Waals surface area contributed by atoms with Crippen molar-refractivity contribution in [2.24, 2.45) is 0 Å². The van der Waals surface area contributed by atoms with E-state index in [-0.39, 0.29) is 23.1 Å². The molecule has 4 heteroatoms. The summed E-state index contributed by atoms with van der Waals surface area (Å²) in [5.41, 5.74) is 1.75. The van der Waals surface area contributed by atoms with Crippen LogP contribution in [0.15, 0.2) is 54.6 Å². The molecule has 0 fully saturated rings. The summed E-state index contributed by atoms with van der Waals surface area (Å²) >= 11 is 0. The minimum Gasteiger partial charge on any atom is -0.396 e. The molecule has 0 bridgehead atoms. The predicted octanol–water partition coefficient (Wildman–Crippen LogP) is 2.91. The van der Waals surface area contributed by atoms with Crippen LogP contribution in [0.5, 0.6) is 0 Å². The highest BCUT2D eigenvalue weighted by atomic mass is 16.6. The standard InChI is InChI=1S/C15H15NO3/c17-11-14(12-6-2-1-3-7-12)10-13-8-4-5-9-15(13)16(18)19/h1-9,14,17H,10-11H2. The van der Waals surface area contributed by atoms with Crippen LogP contribution < -0.4 is 0 Å². The summed E-state index contributed by atoms with van der Waals surface area (Å²) in [4.78, 5) is 10.6. The summed E-state index contributed by atoms with van der Waals surface area (Å²) in [6, 6.07) is 16.2. The fourth-order valence-corrected chi connectivity index (χ4v) is 2.14. The van der Waals surface area contributed by atoms with E-state index in [4.69, 9.17) is 0 Å². The van der Waals surface area contributed by atoms with Crippen molar-refractivity contribution in [2.75, 3.05) is 6.61 Å². The Morgan fingerprint density at radius 1 is 1.05 bits per heavy atom. The number of rotatable bonds is 5. The van der Waals surface area contributed by atoms with Crippen LogP contribution >= 0.6 is 0 Å². The van der Waals surface area contributed by atoms with Crippen LogP contribution in [0.1, 0.15) is 17.0 Å². The lowest BCUT2D eigenvalue weighted by molar-refractivity contribution is -0.385. The maximum Gasteiger partial charge on any atom is 0.272 e. The molecular formula is C15H15NO3. The fraction of sp³-hybridized carbons (Fsp3) is 0.200. The second-order valence-electron chi connectivity index (χ2n) is 4.38. The third-order valence-electron chi connectivity index (χ3n) is 3.15. The third kappa shape index (κ3) is 3.17. The Kier molecular flexibility index (Phi) is 4.26. The predicted molar refractivity (Wildman–Crippen MR) is 73.1 cm³/mol. The van der Waals surface area contributed by atoms with Crippen LogP contribution in [-0.2, 0) is 6.42 Å². The van der Waals surface area contributed by atoms with Crippen molar-refractivity contribution in [1.29, 1.82) is 0 Å². The van der Waals surface area contributed by atoms with Crippen LogP contribution in [0.25, 0.3) is 0 Å². The molecule has 0 heterocycles. The van der Waals surface area contributed by atoms with Crippen molar-refractivity contribution in [2.45, 2.75) is 12.3 Å².